The molecule has 0 radical (unpaired) electrons. The quantitative estimate of drug-likeness (QED) is 0.885. The number of hydrogen-bond donors (Lipinski definition) is 1. The zero-order valence-corrected chi connectivity index (χ0v) is 13.2. The molecule has 2 unspecified atom stereocenters. The lowest BCUT2D eigenvalue weighted by Gasteiger charge is -2.40. The Morgan fingerprint density at radius 1 is 1.33 bits per heavy atom. The largest absolute Gasteiger partial charge is 0.343 e. The summed E-state index contributed by atoms with van der Waals surface area (Å²) in [5, 5.41) is 7.06. The van der Waals surface area contributed by atoms with Gasteiger partial charge in [-0.05, 0) is 19.3 Å². The van der Waals surface area contributed by atoms with E-state index in [1.54, 1.807) is 11.1 Å². The summed E-state index contributed by atoms with van der Waals surface area (Å²) in [6, 6.07) is -0.820. The van der Waals surface area contributed by atoms with Crippen molar-refractivity contribution in [2.24, 2.45) is 5.92 Å². The van der Waals surface area contributed by atoms with Gasteiger partial charge in [0.15, 0.2) is 0 Å². The van der Waals surface area contributed by atoms with E-state index in [0.29, 0.717) is 13.0 Å². The van der Waals surface area contributed by atoms with Crippen LogP contribution in [0.1, 0.15) is 39.7 Å². The zero-order chi connectivity index (χ0) is 15.6. The van der Waals surface area contributed by atoms with Crippen molar-refractivity contribution in [2.75, 3.05) is 0 Å². The summed E-state index contributed by atoms with van der Waals surface area (Å²) < 4.78 is 1.82. The first kappa shape index (κ1) is 15.5. The number of carbonyl (C=O) groups is 2. The van der Waals surface area contributed by atoms with Gasteiger partial charge in [-0.15, -0.1) is 0 Å². The Morgan fingerprint density at radius 2 is 2.05 bits per heavy atom. The number of aryl methyl sites for hydroxylation is 1. The lowest BCUT2D eigenvalue weighted by atomic mass is 9.96. The molecule has 2 rings (SSSR count). The summed E-state index contributed by atoms with van der Waals surface area (Å²) in [5.41, 5.74) is 0.959. The first-order chi connectivity index (χ1) is 9.97. The third kappa shape index (κ3) is 3.09. The van der Waals surface area contributed by atoms with E-state index in [1.165, 1.54) is 0 Å². The maximum absolute atomic E-state index is 12.6. The molecule has 1 aliphatic heterocycles. The Balaban J connectivity index is 2.25. The van der Waals surface area contributed by atoms with E-state index < -0.39 is 12.1 Å². The number of hydrogen-bond acceptors (Lipinski definition) is 3. The maximum Gasteiger partial charge on any atom is 0.246 e. The number of rotatable bonds is 5. The molecule has 6 heteroatoms. The van der Waals surface area contributed by atoms with Crippen LogP contribution in [0.4, 0.5) is 0 Å². The van der Waals surface area contributed by atoms with E-state index in [-0.39, 0.29) is 17.7 Å². The summed E-state index contributed by atoms with van der Waals surface area (Å²) in [5.74, 6) is 0.0207. The highest BCUT2D eigenvalue weighted by Crippen LogP contribution is 2.21. The Hall–Kier alpha value is -1.85. The molecule has 0 aliphatic carbocycles. The van der Waals surface area contributed by atoms with Crippen LogP contribution in [0.3, 0.4) is 0 Å². The SMILES string of the molecule is CCC1NC(=O)C(C(C)C)N(Cc2cnn(CC)c2)C1=O. The number of nitrogens with one attached hydrogen (secondary N) is 1. The van der Waals surface area contributed by atoms with Crippen LogP contribution in [0.2, 0.25) is 0 Å². The molecule has 1 aromatic heterocycles. The van der Waals surface area contributed by atoms with Crippen molar-refractivity contribution in [1.29, 1.82) is 0 Å². The van der Waals surface area contributed by atoms with Crippen LogP contribution in [0.25, 0.3) is 0 Å². The molecule has 2 heterocycles. The number of nitrogens with zero attached hydrogens (tertiary/aromatic N) is 3. The number of aromatic nitrogens is 2. The van der Waals surface area contributed by atoms with Crippen molar-refractivity contribution in [3.8, 4) is 0 Å². The smallest absolute Gasteiger partial charge is 0.246 e. The second-order valence-electron chi connectivity index (χ2n) is 5.83. The minimum Gasteiger partial charge on any atom is -0.343 e. The summed E-state index contributed by atoms with van der Waals surface area (Å²) >= 11 is 0. The van der Waals surface area contributed by atoms with E-state index >= 15 is 0 Å². The minimum atomic E-state index is -0.412. The van der Waals surface area contributed by atoms with Gasteiger partial charge >= 0.3 is 0 Å². The van der Waals surface area contributed by atoms with Gasteiger partial charge in [0.1, 0.15) is 12.1 Å². The highest BCUT2D eigenvalue weighted by Gasteiger charge is 2.41. The van der Waals surface area contributed by atoms with E-state index in [9.17, 15) is 9.59 Å². The number of piperazine rings is 1. The van der Waals surface area contributed by atoms with Gasteiger partial charge < -0.3 is 10.2 Å². The van der Waals surface area contributed by atoms with Gasteiger partial charge in [-0.25, -0.2) is 0 Å². The molecule has 116 valence electrons. The standard InChI is InChI=1S/C15H24N4O2/c1-5-12-15(21)19(13(10(3)4)14(20)17-12)9-11-7-16-18(6-2)8-11/h7-8,10,12-13H,5-6,9H2,1-4H3,(H,17,20). The van der Waals surface area contributed by atoms with Crippen molar-refractivity contribution in [2.45, 2.75) is 59.3 Å². The van der Waals surface area contributed by atoms with Crippen molar-refractivity contribution < 1.29 is 9.59 Å². The Labute approximate surface area is 125 Å². The summed E-state index contributed by atoms with van der Waals surface area (Å²) in [6.45, 7) is 9.08. The molecule has 2 amide bonds. The zero-order valence-electron chi connectivity index (χ0n) is 13.2. The monoisotopic (exact) mass is 292 g/mol. The molecule has 1 aliphatic rings. The summed E-state index contributed by atoms with van der Waals surface area (Å²) in [7, 11) is 0. The number of amides is 2. The molecule has 21 heavy (non-hydrogen) atoms. The van der Waals surface area contributed by atoms with Crippen molar-refractivity contribution in [1.82, 2.24) is 20.0 Å². The predicted octanol–water partition coefficient (Wildman–Crippen LogP) is 1.16. The molecule has 1 aromatic rings. The first-order valence-electron chi connectivity index (χ1n) is 7.60. The lowest BCUT2D eigenvalue weighted by Crippen LogP contribution is -2.64. The first-order valence-corrected chi connectivity index (χ1v) is 7.60. The Kier molecular flexibility index (Phi) is 4.65. The average Bonchev–Trinajstić information content (AvgIpc) is 2.89. The van der Waals surface area contributed by atoms with Crippen LogP contribution in [0, 0.1) is 5.92 Å². The molecule has 1 fully saturated rings. The van der Waals surface area contributed by atoms with Crippen molar-refractivity contribution in [3.05, 3.63) is 18.0 Å². The molecule has 1 saturated heterocycles. The van der Waals surface area contributed by atoms with Crippen LogP contribution >= 0.6 is 0 Å². The molecule has 0 spiro atoms. The fourth-order valence-electron chi connectivity index (χ4n) is 2.77. The van der Waals surface area contributed by atoms with Gasteiger partial charge in [-0.3, -0.25) is 14.3 Å². The summed E-state index contributed by atoms with van der Waals surface area (Å²) in [4.78, 5) is 26.6. The van der Waals surface area contributed by atoms with E-state index in [2.05, 4.69) is 10.4 Å². The third-order valence-electron chi connectivity index (χ3n) is 3.91. The molecular formula is C15H24N4O2. The molecular weight excluding hydrogens is 268 g/mol. The van der Waals surface area contributed by atoms with Crippen molar-refractivity contribution in [3.63, 3.8) is 0 Å². The molecule has 0 saturated carbocycles. The van der Waals surface area contributed by atoms with Gasteiger partial charge in [0, 0.05) is 24.8 Å². The van der Waals surface area contributed by atoms with Crippen LogP contribution in [0.15, 0.2) is 12.4 Å². The van der Waals surface area contributed by atoms with Gasteiger partial charge in [0.25, 0.3) is 0 Å². The Bertz CT molecular complexity index is 523. The van der Waals surface area contributed by atoms with Crippen LogP contribution in [0.5, 0.6) is 0 Å². The summed E-state index contributed by atoms with van der Waals surface area (Å²) in [6.07, 6.45) is 4.31. The topological polar surface area (TPSA) is 67.2 Å². The highest BCUT2D eigenvalue weighted by atomic mass is 16.2. The van der Waals surface area contributed by atoms with Gasteiger partial charge in [-0.2, -0.15) is 5.10 Å². The molecule has 2 atom stereocenters. The Morgan fingerprint density at radius 3 is 2.57 bits per heavy atom. The van der Waals surface area contributed by atoms with E-state index in [0.717, 1.165) is 12.1 Å². The van der Waals surface area contributed by atoms with Gasteiger partial charge in [-0.1, -0.05) is 20.8 Å². The van der Waals surface area contributed by atoms with E-state index in [1.807, 2.05) is 38.6 Å². The highest BCUT2D eigenvalue weighted by molar-refractivity contribution is 5.97. The third-order valence-corrected chi connectivity index (χ3v) is 3.91. The number of carbonyl (C=O) groups excluding carboxylic acids is 2. The van der Waals surface area contributed by atoms with Gasteiger partial charge in [0.05, 0.1) is 6.20 Å². The van der Waals surface area contributed by atoms with E-state index in [4.69, 9.17) is 0 Å². The van der Waals surface area contributed by atoms with Crippen LogP contribution in [-0.4, -0.2) is 38.6 Å². The molecule has 0 aromatic carbocycles. The van der Waals surface area contributed by atoms with Crippen LogP contribution in [-0.2, 0) is 22.7 Å². The average molecular weight is 292 g/mol. The molecule has 6 nitrogen and oxygen atoms in total. The second kappa shape index (κ2) is 6.28. The minimum absolute atomic E-state index is 0.0000449. The second-order valence-corrected chi connectivity index (χ2v) is 5.83. The normalized spacial score (nSPS) is 22.8. The fraction of sp³-hybridized carbons (Fsp3) is 0.667. The van der Waals surface area contributed by atoms with Gasteiger partial charge in [0.2, 0.25) is 11.8 Å². The van der Waals surface area contributed by atoms with Crippen molar-refractivity contribution >= 4 is 11.8 Å². The van der Waals surface area contributed by atoms with Crippen LogP contribution < -0.4 is 5.32 Å². The maximum atomic E-state index is 12.6. The lowest BCUT2D eigenvalue weighted by molar-refractivity contribution is -0.152. The predicted molar refractivity (Wildman–Crippen MR) is 79.3 cm³/mol. The fourth-order valence-corrected chi connectivity index (χ4v) is 2.77. The molecule has 0 bridgehead atoms. The molecule has 1 N–H and O–H groups in total.